The Morgan fingerprint density at radius 1 is 1.62 bits per heavy atom. The second-order valence-corrected chi connectivity index (χ2v) is 3.32. The summed E-state index contributed by atoms with van der Waals surface area (Å²) in [6, 6.07) is 1.36. The molecule has 0 aliphatic carbocycles. The summed E-state index contributed by atoms with van der Waals surface area (Å²) >= 11 is 0. The van der Waals surface area contributed by atoms with Crippen molar-refractivity contribution in [2.45, 2.75) is 13.3 Å². The second-order valence-electron chi connectivity index (χ2n) is 3.32. The van der Waals surface area contributed by atoms with Crippen LogP contribution in [-0.4, -0.2) is 40.6 Å². The van der Waals surface area contributed by atoms with E-state index in [1.165, 1.54) is 17.2 Å². The summed E-state index contributed by atoms with van der Waals surface area (Å²) in [6.45, 7) is 2.74. The molecule has 16 heavy (non-hydrogen) atoms. The van der Waals surface area contributed by atoms with E-state index < -0.39 is 5.82 Å². The first-order valence-electron chi connectivity index (χ1n) is 5.20. The number of halogens is 1. The summed E-state index contributed by atoms with van der Waals surface area (Å²) in [6.07, 6.45) is 2.90. The van der Waals surface area contributed by atoms with Crippen LogP contribution in [0, 0.1) is 5.82 Å². The standard InChI is InChI=1S/C11H15FN2O2/c1-2-14(6-3-7-15)11(16)9-4-5-13-8-10(9)12/h4-5,8,15H,2-3,6-7H2,1H3. The lowest BCUT2D eigenvalue weighted by Gasteiger charge is -2.20. The van der Waals surface area contributed by atoms with E-state index in [9.17, 15) is 9.18 Å². The topological polar surface area (TPSA) is 53.4 Å². The zero-order chi connectivity index (χ0) is 12.0. The monoisotopic (exact) mass is 226 g/mol. The number of nitrogens with zero attached hydrogens (tertiary/aromatic N) is 2. The normalized spacial score (nSPS) is 10.2. The summed E-state index contributed by atoms with van der Waals surface area (Å²) in [4.78, 5) is 17.0. The van der Waals surface area contributed by atoms with E-state index in [2.05, 4.69) is 4.98 Å². The highest BCUT2D eigenvalue weighted by Crippen LogP contribution is 2.08. The van der Waals surface area contributed by atoms with E-state index >= 15 is 0 Å². The average molecular weight is 226 g/mol. The molecule has 4 nitrogen and oxygen atoms in total. The molecule has 0 fully saturated rings. The van der Waals surface area contributed by atoms with Gasteiger partial charge in [0.25, 0.3) is 5.91 Å². The SMILES string of the molecule is CCN(CCCO)C(=O)c1ccncc1F. The third kappa shape index (κ3) is 3.00. The van der Waals surface area contributed by atoms with Crippen LogP contribution in [-0.2, 0) is 0 Å². The van der Waals surface area contributed by atoms with Crippen molar-refractivity contribution < 1.29 is 14.3 Å². The predicted octanol–water partition coefficient (Wildman–Crippen LogP) is 1.07. The molecular weight excluding hydrogens is 211 g/mol. The van der Waals surface area contributed by atoms with Gasteiger partial charge in [-0.05, 0) is 19.4 Å². The number of hydrogen-bond acceptors (Lipinski definition) is 3. The highest BCUT2D eigenvalue weighted by molar-refractivity contribution is 5.94. The van der Waals surface area contributed by atoms with Gasteiger partial charge < -0.3 is 10.0 Å². The fourth-order valence-corrected chi connectivity index (χ4v) is 1.38. The third-order valence-electron chi connectivity index (χ3n) is 2.26. The van der Waals surface area contributed by atoms with Gasteiger partial charge in [-0.2, -0.15) is 0 Å². The van der Waals surface area contributed by atoms with Gasteiger partial charge in [0.15, 0.2) is 5.82 Å². The second kappa shape index (κ2) is 6.17. The van der Waals surface area contributed by atoms with Crippen LogP contribution in [0.5, 0.6) is 0 Å². The van der Waals surface area contributed by atoms with Crippen LogP contribution < -0.4 is 0 Å². The molecule has 0 saturated heterocycles. The van der Waals surface area contributed by atoms with Crippen molar-refractivity contribution in [3.63, 3.8) is 0 Å². The summed E-state index contributed by atoms with van der Waals surface area (Å²) in [7, 11) is 0. The van der Waals surface area contributed by atoms with E-state index in [0.717, 1.165) is 6.20 Å². The van der Waals surface area contributed by atoms with Gasteiger partial charge in [-0.3, -0.25) is 9.78 Å². The highest BCUT2D eigenvalue weighted by Gasteiger charge is 2.17. The first-order chi connectivity index (χ1) is 7.70. The zero-order valence-electron chi connectivity index (χ0n) is 9.19. The number of aliphatic hydroxyl groups is 1. The maximum absolute atomic E-state index is 13.3. The molecule has 1 rings (SSSR count). The molecule has 0 aliphatic rings. The van der Waals surface area contributed by atoms with Crippen LogP contribution in [0.3, 0.4) is 0 Å². The molecule has 0 bridgehead atoms. The first-order valence-corrected chi connectivity index (χ1v) is 5.20. The lowest BCUT2D eigenvalue weighted by atomic mass is 10.2. The molecule has 0 atom stereocenters. The van der Waals surface area contributed by atoms with E-state index in [1.54, 1.807) is 0 Å². The maximum Gasteiger partial charge on any atom is 0.256 e. The molecular formula is C11H15FN2O2. The molecule has 88 valence electrons. The number of pyridine rings is 1. The van der Waals surface area contributed by atoms with Crippen molar-refractivity contribution in [1.29, 1.82) is 0 Å². The highest BCUT2D eigenvalue weighted by atomic mass is 19.1. The number of rotatable bonds is 5. The van der Waals surface area contributed by atoms with Gasteiger partial charge in [-0.15, -0.1) is 0 Å². The maximum atomic E-state index is 13.3. The Labute approximate surface area is 93.7 Å². The summed E-state index contributed by atoms with van der Waals surface area (Å²) in [5.74, 6) is -0.981. The quantitative estimate of drug-likeness (QED) is 0.817. The summed E-state index contributed by atoms with van der Waals surface area (Å²) in [5.41, 5.74) is 0.0230. The fourth-order valence-electron chi connectivity index (χ4n) is 1.38. The summed E-state index contributed by atoms with van der Waals surface area (Å²) in [5, 5.41) is 8.70. The van der Waals surface area contributed by atoms with Gasteiger partial charge in [0.05, 0.1) is 11.8 Å². The van der Waals surface area contributed by atoms with Crippen molar-refractivity contribution in [1.82, 2.24) is 9.88 Å². The van der Waals surface area contributed by atoms with Crippen molar-refractivity contribution >= 4 is 5.91 Å². The van der Waals surface area contributed by atoms with Crippen LogP contribution in [0.4, 0.5) is 4.39 Å². The van der Waals surface area contributed by atoms with Crippen LogP contribution >= 0.6 is 0 Å². The molecule has 0 aliphatic heterocycles. The third-order valence-corrected chi connectivity index (χ3v) is 2.26. The van der Waals surface area contributed by atoms with E-state index in [1.807, 2.05) is 6.92 Å². The molecule has 0 aromatic carbocycles. The van der Waals surface area contributed by atoms with E-state index in [-0.39, 0.29) is 18.1 Å². The molecule has 1 N–H and O–H groups in total. The van der Waals surface area contributed by atoms with Gasteiger partial charge in [0.2, 0.25) is 0 Å². The Kier molecular flexibility index (Phi) is 4.85. The number of hydrogen-bond donors (Lipinski definition) is 1. The molecule has 1 heterocycles. The Morgan fingerprint density at radius 2 is 2.38 bits per heavy atom. The smallest absolute Gasteiger partial charge is 0.256 e. The van der Waals surface area contributed by atoms with Crippen molar-refractivity contribution in [3.05, 3.63) is 29.8 Å². The number of carbonyl (C=O) groups excluding carboxylic acids is 1. The van der Waals surface area contributed by atoms with Crippen LogP contribution in [0.2, 0.25) is 0 Å². The Hall–Kier alpha value is -1.49. The van der Waals surface area contributed by atoms with Gasteiger partial charge in [-0.25, -0.2) is 4.39 Å². The van der Waals surface area contributed by atoms with Crippen molar-refractivity contribution in [3.8, 4) is 0 Å². The minimum absolute atomic E-state index is 0.0165. The number of amides is 1. The van der Waals surface area contributed by atoms with E-state index in [0.29, 0.717) is 19.5 Å². The Bertz CT molecular complexity index is 358. The lowest BCUT2D eigenvalue weighted by molar-refractivity contribution is 0.0749. The summed E-state index contributed by atoms with van der Waals surface area (Å²) < 4.78 is 13.3. The lowest BCUT2D eigenvalue weighted by Crippen LogP contribution is -2.32. The zero-order valence-corrected chi connectivity index (χ0v) is 9.19. The molecule has 0 unspecified atom stereocenters. The molecule has 5 heteroatoms. The number of carbonyl (C=O) groups is 1. The first kappa shape index (κ1) is 12.6. The predicted molar refractivity (Wildman–Crippen MR) is 57.5 cm³/mol. The molecule has 1 amide bonds. The van der Waals surface area contributed by atoms with Gasteiger partial charge in [0.1, 0.15) is 0 Å². The number of aliphatic hydroxyl groups excluding tert-OH is 1. The average Bonchev–Trinajstić information content (AvgIpc) is 2.30. The van der Waals surface area contributed by atoms with Crippen molar-refractivity contribution in [2.24, 2.45) is 0 Å². The van der Waals surface area contributed by atoms with Crippen LogP contribution in [0.25, 0.3) is 0 Å². The van der Waals surface area contributed by atoms with E-state index in [4.69, 9.17) is 5.11 Å². The van der Waals surface area contributed by atoms with Crippen LogP contribution in [0.15, 0.2) is 18.5 Å². The molecule has 1 aromatic rings. The fraction of sp³-hybridized carbons (Fsp3) is 0.455. The minimum Gasteiger partial charge on any atom is -0.396 e. The molecule has 0 spiro atoms. The number of aromatic nitrogens is 1. The largest absolute Gasteiger partial charge is 0.396 e. The molecule has 1 aromatic heterocycles. The van der Waals surface area contributed by atoms with Gasteiger partial charge in [0, 0.05) is 25.9 Å². The van der Waals surface area contributed by atoms with Gasteiger partial charge in [-0.1, -0.05) is 0 Å². The van der Waals surface area contributed by atoms with Crippen LogP contribution in [0.1, 0.15) is 23.7 Å². The minimum atomic E-state index is -0.616. The molecule has 0 saturated carbocycles. The van der Waals surface area contributed by atoms with Crippen molar-refractivity contribution in [2.75, 3.05) is 19.7 Å². The Morgan fingerprint density at radius 3 is 2.94 bits per heavy atom. The van der Waals surface area contributed by atoms with Gasteiger partial charge >= 0.3 is 0 Å². The molecule has 0 radical (unpaired) electrons. The Balaban J connectivity index is 2.79.